The van der Waals surface area contributed by atoms with Gasteiger partial charge in [0.05, 0.1) is 16.8 Å². The molecule has 3 rings (SSSR count). The number of hydrogen-bond acceptors (Lipinski definition) is 5. The van der Waals surface area contributed by atoms with Crippen molar-refractivity contribution >= 4 is 17.4 Å². The zero-order valence-electron chi connectivity index (χ0n) is 16.2. The molecule has 0 bridgehead atoms. The van der Waals surface area contributed by atoms with Crippen LogP contribution in [0.15, 0.2) is 36.5 Å². The highest BCUT2D eigenvalue weighted by atomic mass is 19.4. The fraction of sp³-hybridized carbons (Fsp3) is 0.381. The first-order valence-electron chi connectivity index (χ1n) is 9.63. The largest absolute Gasteiger partial charge is 0.416 e. The molecule has 1 saturated carbocycles. The fourth-order valence-electron chi connectivity index (χ4n) is 3.64. The molecule has 2 aromatic rings. The highest BCUT2D eigenvalue weighted by Gasteiger charge is 2.32. The van der Waals surface area contributed by atoms with Crippen LogP contribution in [0.25, 0.3) is 0 Å². The Morgan fingerprint density at radius 3 is 2.57 bits per heavy atom. The number of amides is 1. The first kappa shape index (κ1) is 21.4. The van der Waals surface area contributed by atoms with E-state index in [0.717, 1.165) is 18.9 Å². The maximum atomic E-state index is 13.2. The normalized spacial score (nSPS) is 19.0. The van der Waals surface area contributed by atoms with Gasteiger partial charge in [-0.25, -0.2) is 4.98 Å². The number of nitriles is 1. The molecule has 0 unspecified atom stereocenters. The Labute approximate surface area is 172 Å². The molecule has 1 aromatic heterocycles. The molecule has 4 N–H and O–H groups in total. The van der Waals surface area contributed by atoms with Crippen LogP contribution in [0, 0.1) is 17.2 Å². The number of aromatic nitrogens is 1. The fourth-order valence-corrected chi connectivity index (χ4v) is 3.64. The van der Waals surface area contributed by atoms with Crippen LogP contribution >= 0.6 is 0 Å². The Morgan fingerprint density at radius 2 is 1.93 bits per heavy atom. The predicted octanol–water partition coefficient (Wildman–Crippen LogP) is 4.04. The smallest absolute Gasteiger partial charge is 0.381 e. The van der Waals surface area contributed by atoms with Gasteiger partial charge in [0.15, 0.2) is 0 Å². The topological polar surface area (TPSA) is 104 Å². The monoisotopic (exact) mass is 417 g/mol. The van der Waals surface area contributed by atoms with Crippen LogP contribution in [0.4, 0.5) is 24.7 Å². The average molecular weight is 417 g/mol. The standard InChI is InChI=1S/C21H22F3N5O/c22-21(23,24)17-4-2-1-3-14(17)11-27-19-9-18(15(10-25)12-28-19)29-16-7-5-13(6-8-16)20(26)30/h1-4,9,12-13,16H,5-8,11H2,(H2,26,30)(H2,27,28,29). The number of carbonyl (C=O) groups is 1. The van der Waals surface area contributed by atoms with E-state index in [2.05, 4.69) is 21.7 Å². The van der Waals surface area contributed by atoms with E-state index in [1.165, 1.54) is 18.3 Å². The second-order valence-electron chi connectivity index (χ2n) is 7.33. The van der Waals surface area contributed by atoms with Crippen LogP contribution in [-0.2, 0) is 17.5 Å². The van der Waals surface area contributed by atoms with Crippen LogP contribution in [0.1, 0.15) is 42.4 Å². The van der Waals surface area contributed by atoms with E-state index in [4.69, 9.17) is 5.73 Å². The van der Waals surface area contributed by atoms with Gasteiger partial charge in [0.2, 0.25) is 5.91 Å². The number of nitrogens with two attached hydrogens (primary N) is 1. The van der Waals surface area contributed by atoms with Crippen molar-refractivity contribution in [2.45, 2.75) is 44.4 Å². The second-order valence-corrected chi connectivity index (χ2v) is 7.33. The molecule has 1 heterocycles. The minimum Gasteiger partial charge on any atom is -0.381 e. The molecular formula is C21H22F3N5O. The molecule has 6 nitrogen and oxygen atoms in total. The second kappa shape index (κ2) is 9.03. The third kappa shape index (κ3) is 5.20. The molecule has 0 spiro atoms. The van der Waals surface area contributed by atoms with Gasteiger partial charge in [-0.05, 0) is 37.3 Å². The summed E-state index contributed by atoms with van der Waals surface area (Å²) in [6, 6.07) is 9.11. The third-order valence-corrected chi connectivity index (χ3v) is 5.30. The Bertz CT molecular complexity index is 946. The molecule has 0 aliphatic heterocycles. The van der Waals surface area contributed by atoms with Crippen molar-refractivity contribution < 1.29 is 18.0 Å². The highest BCUT2D eigenvalue weighted by molar-refractivity contribution is 5.76. The number of alkyl halides is 3. The van der Waals surface area contributed by atoms with Crippen molar-refractivity contribution in [1.29, 1.82) is 5.26 Å². The van der Waals surface area contributed by atoms with Crippen LogP contribution < -0.4 is 16.4 Å². The first-order valence-corrected chi connectivity index (χ1v) is 9.63. The summed E-state index contributed by atoms with van der Waals surface area (Å²) in [6.45, 7) is -0.0578. The zero-order valence-corrected chi connectivity index (χ0v) is 16.2. The van der Waals surface area contributed by atoms with Crippen molar-refractivity contribution in [3.63, 3.8) is 0 Å². The van der Waals surface area contributed by atoms with Gasteiger partial charge >= 0.3 is 6.18 Å². The number of primary amides is 1. The summed E-state index contributed by atoms with van der Waals surface area (Å²) < 4.78 is 39.5. The van der Waals surface area contributed by atoms with E-state index in [0.29, 0.717) is 29.9 Å². The lowest BCUT2D eigenvalue weighted by molar-refractivity contribution is -0.138. The van der Waals surface area contributed by atoms with Gasteiger partial charge in [0, 0.05) is 30.8 Å². The van der Waals surface area contributed by atoms with Crippen molar-refractivity contribution in [3.8, 4) is 6.07 Å². The molecule has 1 aliphatic rings. The molecule has 30 heavy (non-hydrogen) atoms. The summed E-state index contributed by atoms with van der Waals surface area (Å²) in [5, 5.41) is 15.6. The van der Waals surface area contributed by atoms with Crippen LogP contribution in [0.2, 0.25) is 0 Å². The molecule has 0 saturated heterocycles. The van der Waals surface area contributed by atoms with Crippen LogP contribution in [0.3, 0.4) is 0 Å². The van der Waals surface area contributed by atoms with E-state index in [-0.39, 0.29) is 30.0 Å². The molecule has 1 aliphatic carbocycles. The third-order valence-electron chi connectivity index (χ3n) is 5.30. The molecule has 9 heteroatoms. The molecular weight excluding hydrogens is 395 g/mol. The van der Waals surface area contributed by atoms with Crippen molar-refractivity contribution in [2.75, 3.05) is 10.6 Å². The van der Waals surface area contributed by atoms with Crippen molar-refractivity contribution in [2.24, 2.45) is 11.7 Å². The predicted molar refractivity (Wildman–Crippen MR) is 106 cm³/mol. The Morgan fingerprint density at radius 1 is 1.23 bits per heavy atom. The number of carbonyl (C=O) groups excluding carboxylic acids is 1. The summed E-state index contributed by atoms with van der Waals surface area (Å²) in [5.41, 5.74) is 5.67. The Balaban J connectivity index is 1.70. The highest BCUT2D eigenvalue weighted by Crippen LogP contribution is 2.32. The van der Waals surface area contributed by atoms with E-state index < -0.39 is 11.7 Å². The summed E-state index contributed by atoms with van der Waals surface area (Å²) >= 11 is 0. The number of rotatable bonds is 6. The first-order chi connectivity index (χ1) is 14.3. The molecule has 1 fully saturated rings. The lowest BCUT2D eigenvalue weighted by Crippen LogP contribution is -2.32. The quantitative estimate of drug-likeness (QED) is 0.658. The SMILES string of the molecule is N#Cc1cnc(NCc2ccccc2C(F)(F)F)cc1NC1CCC(C(N)=O)CC1. The lowest BCUT2D eigenvalue weighted by atomic mass is 9.85. The van der Waals surface area contributed by atoms with Gasteiger partial charge in [0.1, 0.15) is 11.9 Å². The van der Waals surface area contributed by atoms with Gasteiger partial charge in [0.25, 0.3) is 0 Å². The number of nitrogens with zero attached hydrogens (tertiary/aromatic N) is 2. The molecule has 0 radical (unpaired) electrons. The number of benzene rings is 1. The maximum absolute atomic E-state index is 13.2. The molecule has 1 amide bonds. The van der Waals surface area contributed by atoms with Crippen LogP contribution in [-0.4, -0.2) is 16.9 Å². The number of hydrogen-bond donors (Lipinski definition) is 3. The van der Waals surface area contributed by atoms with Crippen molar-refractivity contribution in [3.05, 3.63) is 53.2 Å². The summed E-state index contributed by atoms with van der Waals surface area (Å²) in [7, 11) is 0. The zero-order chi connectivity index (χ0) is 21.7. The molecule has 1 aromatic carbocycles. The minimum atomic E-state index is -4.44. The van der Waals surface area contributed by atoms with E-state index in [1.807, 2.05) is 0 Å². The minimum absolute atomic E-state index is 0.0578. The Hall–Kier alpha value is -3.28. The van der Waals surface area contributed by atoms with Gasteiger partial charge in [-0.3, -0.25) is 4.79 Å². The molecule has 158 valence electrons. The lowest BCUT2D eigenvalue weighted by Gasteiger charge is -2.28. The van der Waals surface area contributed by atoms with E-state index in [1.54, 1.807) is 12.1 Å². The maximum Gasteiger partial charge on any atom is 0.416 e. The number of halogens is 3. The Kier molecular flexibility index (Phi) is 6.45. The van der Waals surface area contributed by atoms with Gasteiger partial charge in [-0.2, -0.15) is 18.4 Å². The van der Waals surface area contributed by atoms with E-state index in [9.17, 15) is 23.2 Å². The van der Waals surface area contributed by atoms with Gasteiger partial charge in [-0.15, -0.1) is 0 Å². The van der Waals surface area contributed by atoms with Gasteiger partial charge < -0.3 is 16.4 Å². The average Bonchev–Trinajstić information content (AvgIpc) is 2.72. The summed E-state index contributed by atoms with van der Waals surface area (Å²) in [6.07, 6.45) is -0.216. The number of nitrogens with one attached hydrogen (secondary N) is 2. The van der Waals surface area contributed by atoms with E-state index >= 15 is 0 Å². The van der Waals surface area contributed by atoms with Crippen molar-refractivity contribution in [1.82, 2.24) is 4.98 Å². The number of anilines is 2. The summed E-state index contributed by atoms with van der Waals surface area (Å²) in [5.74, 6) is -0.0538. The molecule has 0 atom stereocenters. The van der Waals surface area contributed by atoms with Crippen LogP contribution in [0.5, 0.6) is 0 Å². The van der Waals surface area contributed by atoms with Gasteiger partial charge in [-0.1, -0.05) is 18.2 Å². The number of pyridine rings is 1. The summed E-state index contributed by atoms with van der Waals surface area (Å²) in [4.78, 5) is 15.4.